The molecule has 92 valence electrons. The molecule has 1 aliphatic rings. The van der Waals surface area contributed by atoms with Gasteiger partial charge in [-0.2, -0.15) is 0 Å². The third-order valence-corrected chi connectivity index (χ3v) is 2.74. The Bertz CT molecular complexity index is 627. The molecular weight excluding hydrogens is 236 g/mol. The van der Waals surface area contributed by atoms with Crippen molar-refractivity contribution in [3.63, 3.8) is 0 Å². The Kier molecular flexibility index (Phi) is 2.49. The molecule has 0 bridgehead atoms. The van der Waals surface area contributed by atoms with Crippen molar-refractivity contribution in [1.29, 1.82) is 0 Å². The highest BCUT2D eigenvalue weighted by molar-refractivity contribution is 6.05. The van der Waals surface area contributed by atoms with E-state index in [4.69, 9.17) is 14.7 Å². The third-order valence-electron chi connectivity index (χ3n) is 2.74. The zero-order valence-electron chi connectivity index (χ0n) is 9.34. The van der Waals surface area contributed by atoms with E-state index in [0.29, 0.717) is 30.1 Å². The molecule has 0 radical (unpaired) electrons. The van der Waals surface area contributed by atoms with Gasteiger partial charge < -0.3 is 9.47 Å². The number of rotatable bonds is 1. The summed E-state index contributed by atoms with van der Waals surface area (Å²) in [6.07, 6.45) is 1.50. The van der Waals surface area contributed by atoms with E-state index in [9.17, 15) is 4.79 Å². The summed E-state index contributed by atoms with van der Waals surface area (Å²) in [5, 5.41) is 10.1. The predicted octanol–water partition coefficient (Wildman–Crippen LogP) is 1.12. The average Bonchev–Trinajstić information content (AvgIpc) is 2.43. The van der Waals surface area contributed by atoms with Gasteiger partial charge in [0.05, 0.1) is 0 Å². The Balaban J connectivity index is 2.24. The van der Waals surface area contributed by atoms with Gasteiger partial charge in [-0.25, -0.2) is 5.48 Å². The molecule has 1 aromatic carbocycles. The normalized spacial score (nSPS) is 13.4. The monoisotopic (exact) mass is 246 g/mol. The molecule has 2 heterocycles. The number of carbonyl (C=O) groups is 1. The Hall–Kier alpha value is -2.34. The standard InChI is InChI=1S/C12H10N2O4/c15-12(14-16)11-8-6-10-9(17-3-4-18-10)5-7(8)1-2-13-11/h1-2,5-6,16H,3-4H2,(H,14,15). The first-order chi connectivity index (χ1) is 8.79. The first-order valence-electron chi connectivity index (χ1n) is 5.42. The molecular formula is C12H10N2O4. The van der Waals surface area contributed by atoms with Gasteiger partial charge in [0, 0.05) is 11.6 Å². The van der Waals surface area contributed by atoms with Crippen LogP contribution in [0.25, 0.3) is 10.8 Å². The second-order valence-electron chi connectivity index (χ2n) is 3.82. The van der Waals surface area contributed by atoms with Crippen LogP contribution in [0.4, 0.5) is 0 Å². The molecule has 1 aliphatic heterocycles. The summed E-state index contributed by atoms with van der Waals surface area (Å²) in [4.78, 5) is 15.5. The lowest BCUT2D eigenvalue weighted by molar-refractivity contribution is 0.0703. The molecule has 0 unspecified atom stereocenters. The number of carbonyl (C=O) groups excluding carboxylic acids is 1. The smallest absolute Gasteiger partial charge is 0.293 e. The van der Waals surface area contributed by atoms with Crippen molar-refractivity contribution in [3.8, 4) is 11.5 Å². The highest BCUT2D eigenvalue weighted by Gasteiger charge is 2.17. The van der Waals surface area contributed by atoms with Crippen LogP contribution in [0.15, 0.2) is 24.4 Å². The van der Waals surface area contributed by atoms with Gasteiger partial charge in [-0.15, -0.1) is 0 Å². The zero-order valence-corrected chi connectivity index (χ0v) is 9.34. The van der Waals surface area contributed by atoms with Crippen molar-refractivity contribution in [1.82, 2.24) is 10.5 Å². The summed E-state index contributed by atoms with van der Waals surface area (Å²) < 4.78 is 10.9. The van der Waals surface area contributed by atoms with E-state index in [-0.39, 0.29) is 5.69 Å². The van der Waals surface area contributed by atoms with Crippen molar-refractivity contribution in [2.75, 3.05) is 13.2 Å². The molecule has 1 amide bonds. The maximum Gasteiger partial charge on any atom is 0.293 e. The minimum atomic E-state index is -0.655. The van der Waals surface area contributed by atoms with Crippen molar-refractivity contribution >= 4 is 16.7 Å². The highest BCUT2D eigenvalue weighted by atomic mass is 16.6. The van der Waals surface area contributed by atoms with Crippen LogP contribution >= 0.6 is 0 Å². The number of nitrogens with one attached hydrogen (secondary N) is 1. The van der Waals surface area contributed by atoms with Gasteiger partial charge in [0.2, 0.25) is 0 Å². The maximum absolute atomic E-state index is 11.5. The summed E-state index contributed by atoms with van der Waals surface area (Å²) >= 11 is 0. The van der Waals surface area contributed by atoms with Gasteiger partial charge in [-0.1, -0.05) is 0 Å². The topological polar surface area (TPSA) is 80.7 Å². The molecule has 0 saturated carbocycles. The number of amides is 1. The maximum atomic E-state index is 11.5. The first-order valence-corrected chi connectivity index (χ1v) is 5.42. The van der Waals surface area contributed by atoms with Gasteiger partial charge in [-0.3, -0.25) is 15.0 Å². The molecule has 0 atom stereocenters. The lowest BCUT2D eigenvalue weighted by Crippen LogP contribution is -2.20. The van der Waals surface area contributed by atoms with Gasteiger partial charge >= 0.3 is 0 Å². The number of hydrogen-bond donors (Lipinski definition) is 2. The Morgan fingerprint density at radius 1 is 1.28 bits per heavy atom. The number of aromatic nitrogens is 1. The fraction of sp³-hybridized carbons (Fsp3) is 0.167. The van der Waals surface area contributed by atoms with Crippen LogP contribution in [-0.4, -0.2) is 29.3 Å². The molecule has 3 rings (SSSR count). The molecule has 18 heavy (non-hydrogen) atoms. The first kappa shape index (κ1) is 10.8. The third kappa shape index (κ3) is 1.63. The summed E-state index contributed by atoms with van der Waals surface area (Å²) in [5.74, 6) is 0.571. The number of nitrogens with zero attached hydrogens (tertiary/aromatic N) is 1. The van der Waals surface area contributed by atoms with Crippen LogP contribution in [0.2, 0.25) is 0 Å². The number of ether oxygens (including phenoxy) is 2. The van der Waals surface area contributed by atoms with E-state index in [1.54, 1.807) is 23.7 Å². The average molecular weight is 246 g/mol. The predicted molar refractivity (Wildman–Crippen MR) is 62.0 cm³/mol. The van der Waals surface area contributed by atoms with Crippen LogP contribution in [-0.2, 0) is 0 Å². The number of pyridine rings is 1. The van der Waals surface area contributed by atoms with E-state index in [1.807, 2.05) is 0 Å². The van der Waals surface area contributed by atoms with Crippen LogP contribution < -0.4 is 15.0 Å². The van der Waals surface area contributed by atoms with E-state index < -0.39 is 5.91 Å². The van der Waals surface area contributed by atoms with E-state index in [1.165, 1.54) is 6.20 Å². The summed E-state index contributed by atoms with van der Waals surface area (Å²) in [7, 11) is 0. The SMILES string of the molecule is O=C(NO)c1nccc2cc3c(cc12)OCCO3. The summed E-state index contributed by atoms with van der Waals surface area (Å²) in [6.45, 7) is 0.980. The molecule has 0 fully saturated rings. The van der Waals surface area contributed by atoms with Crippen LogP contribution in [0.5, 0.6) is 11.5 Å². The molecule has 6 heteroatoms. The molecule has 0 aliphatic carbocycles. The van der Waals surface area contributed by atoms with Crippen molar-refractivity contribution in [3.05, 3.63) is 30.1 Å². The second kappa shape index (κ2) is 4.15. The Labute approximate surface area is 102 Å². The molecule has 0 spiro atoms. The van der Waals surface area contributed by atoms with Crippen molar-refractivity contribution in [2.45, 2.75) is 0 Å². The second-order valence-corrected chi connectivity index (χ2v) is 3.82. The molecule has 2 N–H and O–H groups in total. The van der Waals surface area contributed by atoms with Gasteiger partial charge in [0.1, 0.15) is 18.9 Å². The van der Waals surface area contributed by atoms with E-state index in [0.717, 1.165) is 5.39 Å². The quantitative estimate of drug-likeness (QED) is 0.582. The van der Waals surface area contributed by atoms with Crippen LogP contribution in [0, 0.1) is 0 Å². The van der Waals surface area contributed by atoms with Crippen LogP contribution in [0.3, 0.4) is 0 Å². The Morgan fingerprint density at radius 2 is 2.00 bits per heavy atom. The largest absolute Gasteiger partial charge is 0.486 e. The molecule has 1 aromatic heterocycles. The fourth-order valence-electron chi connectivity index (χ4n) is 1.94. The van der Waals surface area contributed by atoms with Crippen LogP contribution in [0.1, 0.15) is 10.5 Å². The van der Waals surface area contributed by atoms with Crippen molar-refractivity contribution < 1.29 is 19.5 Å². The minimum absolute atomic E-state index is 0.145. The van der Waals surface area contributed by atoms with E-state index in [2.05, 4.69) is 4.98 Å². The zero-order chi connectivity index (χ0) is 12.5. The number of hydrogen-bond acceptors (Lipinski definition) is 5. The summed E-state index contributed by atoms with van der Waals surface area (Å²) in [6, 6.07) is 5.25. The minimum Gasteiger partial charge on any atom is -0.486 e. The number of benzene rings is 1. The molecule has 0 saturated heterocycles. The molecule has 2 aromatic rings. The highest BCUT2D eigenvalue weighted by Crippen LogP contribution is 2.35. The summed E-state index contributed by atoms with van der Waals surface area (Å²) in [5.41, 5.74) is 1.73. The lowest BCUT2D eigenvalue weighted by Gasteiger charge is -2.19. The van der Waals surface area contributed by atoms with Crippen molar-refractivity contribution in [2.24, 2.45) is 0 Å². The molecule has 6 nitrogen and oxygen atoms in total. The van der Waals surface area contributed by atoms with Gasteiger partial charge in [-0.05, 0) is 23.6 Å². The Morgan fingerprint density at radius 3 is 2.72 bits per heavy atom. The van der Waals surface area contributed by atoms with Gasteiger partial charge in [0.25, 0.3) is 5.91 Å². The number of fused-ring (bicyclic) bond motifs is 2. The number of hydroxylamine groups is 1. The fourth-order valence-corrected chi connectivity index (χ4v) is 1.94. The lowest BCUT2D eigenvalue weighted by atomic mass is 10.1. The van der Waals surface area contributed by atoms with Gasteiger partial charge in [0.15, 0.2) is 11.5 Å². The van der Waals surface area contributed by atoms with E-state index >= 15 is 0 Å².